The molecule has 0 aromatic rings. The van der Waals surface area contributed by atoms with Crippen molar-refractivity contribution in [2.24, 2.45) is 11.7 Å². The molecular formula is C14H26N2OS. The molecule has 0 aromatic heterocycles. The third kappa shape index (κ3) is 3.21. The van der Waals surface area contributed by atoms with Crippen LogP contribution in [-0.2, 0) is 4.79 Å². The predicted octanol–water partition coefficient (Wildman–Crippen LogP) is 2.25. The summed E-state index contributed by atoms with van der Waals surface area (Å²) >= 11 is 2.06. The van der Waals surface area contributed by atoms with Crippen LogP contribution in [-0.4, -0.2) is 40.4 Å². The number of carbonyl (C=O) groups is 1. The van der Waals surface area contributed by atoms with E-state index in [1.807, 2.05) is 0 Å². The van der Waals surface area contributed by atoms with Gasteiger partial charge in [-0.3, -0.25) is 4.79 Å². The van der Waals surface area contributed by atoms with Crippen molar-refractivity contribution >= 4 is 17.7 Å². The van der Waals surface area contributed by atoms with Gasteiger partial charge in [0.25, 0.3) is 0 Å². The molecule has 2 N–H and O–H groups in total. The maximum atomic E-state index is 12.5. The minimum atomic E-state index is -0.296. The number of thioether (sulfide) groups is 1. The van der Waals surface area contributed by atoms with Crippen molar-refractivity contribution < 1.29 is 4.79 Å². The summed E-state index contributed by atoms with van der Waals surface area (Å²) in [4.78, 5) is 14.6. The Balaban J connectivity index is 1.99. The van der Waals surface area contributed by atoms with E-state index in [0.29, 0.717) is 17.2 Å². The summed E-state index contributed by atoms with van der Waals surface area (Å²) in [7, 11) is 0. The van der Waals surface area contributed by atoms with Crippen molar-refractivity contribution in [1.82, 2.24) is 4.90 Å². The van der Waals surface area contributed by atoms with Gasteiger partial charge in [0, 0.05) is 23.6 Å². The average Bonchev–Trinajstić information content (AvgIpc) is 2.36. The van der Waals surface area contributed by atoms with E-state index in [1.165, 1.54) is 25.7 Å². The fourth-order valence-electron chi connectivity index (χ4n) is 3.19. The maximum Gasteiger partial charge on any atom is 0.239 e. The number of amides is 1. The van der Waals surface area contributed by atoms with Gasteiger partial charge in [0.15, 0.2) is 0 Å². The zero-order valence-electron chi connectivity index (χ0n) is 11.6. The SMILES string of the molecule is CC(C)C[C@H](N)C(=O)N1CCS[C@H]2CCCC[C@@H]21. The Morgan fingerprint density at radius 1 is 1.39 bits per heavy atom. The summed E-state index contributed by atoms with van der Waals surface area (Å²) in [6.07, 6.45) is 5.86. The lowest BCUT2D eigenvalue weighted by atomic mass is 9.92. The van der Waals surface area contributed by atoms with Gasteiger partial charge in [0.2, 0.25) is 5.91 Å². The minimum Gasteiger partial charge on any atom is -0.336 e. The second kappa shape index (κ2) is 6.29. The van der Waals surface area contributed by atoms with Gasteiger partial charge in [0.1, 0.15) is 0 Å². The predicted molar refractivity (Wildman–Crippen MR) is 77.6 cm³/mol. The Hall–Kier alpha value is -0.220. The Labute approximate surface area is 115 Å². The maximum absolute atomic E-state index is 12.5. The van der Waals surface area contributed by atoms with Gasteiger partial charge >= 0.3 is 0 Å². The molecule has 4 heteroatoms. The summed E-state index contributed by atoms with van der Waals surface area (Å²) in [5.74, 6) is 1.77. The zero-order chi connectivity index (χ0) is 13.1. The molecule has 3 atom stereocenters. The first-order chi connectivity index (χ1) is 8.59. The second-order valence-electron chi connectivity index (χ2n) is 6.03. The molecule has 1 aliphatic heterocycles. The molecule has 1 aliphatic carbocycles. The van der Waals surface area contributed by atoms with E-state index < -0.39 is 0 Å². The monoisotopic (exact) mass is 270 g/mol. The van der Waals surface area contributed by atoms with Crippen molar-refractivity contribution in [3.8, 4) is 0 Å². The summed E-state index contributed by atoms with van der Waals surface area (Å²) < 4.78 is 0. The van der Waals surface area contributed by atoms with E-state index in [9.17, 15) is 4.79 Å². The smallest absolute Gasteiger partial charge is 0.239 e. The average molecular weight is 270 g/mol. The number of nitrogens with zero attached hydrogens (tertiary/aromatic N) is 1. The number of fused-ring (bicyclic) bond motifs is 1. The molecule has 3 nitrogen and oxygen atoms in total. The van der Waals surface area contributed by atoms with Crippen LogP contribution < -0.4 is 5.73 Å². The lowest BCUT2D eigenvalue weighted by Crippen LogP contribution is -2.56. The molecule has 2 rings (SSSR count). The van der Waals surface area contributed by atoms with Gasteiger partial charge in [-0.15, -0.1) is 0 Å². The van der Waals surface area contributed by atoms with Gasteiger partial charge in [-0.1, -0.05) is 26.7 Å². The Bertz CT molecular complexity index is 294. The van der Waals surface area contributed by atoms with Crippen LogP contribution in [0.2, 0.25) is 0 Å². The fraction of sp³-hybridized carbons (Fsp3) is 0.929. The summed E-state index contributed by atoms with van der Waals surface area (Å²) in [5.41, 5.74) is 6.07. The van der Waals surface area contributed by atoms with E-state index in [2.05, 4.69) is 30.5 Å². The highest BCUT2D eigenvalue weighted by atomic mass is 32.2. The van der Waals surface area contributed by atoms with Gasteiger partial charge in [-0.05, 0) is 25.2 Å². The summed E-state index contributed by atoms with van der Waals surface area (Å²) in [5, 5.41) is 0.669. The molecule has 1 amide bonds. The highest BCUT2D eigenvalue weighted by molar-refractivity contribution is 8.00. The first-order valence-electron chi connectivity index (χ1n) is 7.27. The number of rotatable bonds is 3. The van der Waals surface area contributed by atoms with Crippen LogP contribution in [0.3, 0.4) is 0 Å². The third-order valence-corrected chi connectivity index (χ3v) is 5.45. The standard InChI is InChI=1S/C14H26N2OS/c1-10(2)9-11(15)14(17)16-7-8-18-13-6-4-3-5-12(13)16/h10-13H,3-9,15H2,1-2H3/t11-,12-,13-/m0/s1. The molecule has 18 heavy (non-hydrogen) atoms. The Morgan fingerprint density at radius 2 is 2.11 bits per heavy atom. The number of hydrogen-bond donors (Lipinski definition) is 1. The number of nitrogens with two attached hydrogens (primary N) is 1. The highest BCUT2D eigenvalue weighted by Gasteiger charge is 2.37. The summed E-state index contributed by atoms with van der Waals surface area (Å²) in [6.45, 7) is 5.15. The Kier molecular flexibility index (Phi) is 4.96. The molecule has 0 radical (unpaired) electrons. The summed E-state index contributed by atoms with van der Waals surface area (Å²) in [6, 6.07) is 0.166. The lowest BCUT2D eigenvalue weighted by molar-refractivity contribution is -0.135. The van der Waals surface area contributed by atoms with Crippen LogP contribution in [0.1, 0.15) is 46.0 Å². The lowest BCUT2D eigenvalue weighted by Gasteiger charge is -2.44. The molecule has 0 unspecified atom stereocenters. The van der Waals surface area contributed by atoms with E-state index in [-0.39, 0.29) is 11.9 Å². The largest absolute Gasteiger partial charge is 0.336 e. The van der Waals surface area contributed by atoms with Crippen molar-refractivity contribution in [2.75, 3.05) is 12.3 Å². The first kappa shape index (κ1) is 14.2. The topological polar surface area (TPSA) is 46.3 Å². The third-order valence-electron chi connectivity index (χ3n) is 4.06. The Morgan fingerprint density at radius 3 is 2.83 bits per heavy atom. The van der Waals surface area contributed by atoms with Crippen molar-refractivity contribution in [2.45, 2.75) is 63.3 Å². The highest BCUT2D eigenvalue weighted by Crippen LogP contribution is 2.35. The molecule has 1 heterocycles. The molecular weight excluding hydrogens is 244 g/mol. The van der Waals surface area contributed by atoms with Gasteiger partial charge < -0.3 is 10.6 Å². The normalized spacial score (nSPS) is 30.1. The van der Waals surface area contributed by atoms with Crippen LogP contribution in [0.15, 0.2) is 0 Å². The van der Waals surface area contributed by atoms with E-state index in [4.69, 9.17) is 5.73 Å². The second-order valence-corrected chi connectivity index (χ2v) is 7.38. The zero-order valence-corrected chi connectivity index (χ0v) is 12.4. The fourth-order valence-corrected chi connectivity index (χ4v) is 4.64. The molecule has 1 saturated heterocycles. The van der Waals surface area contributed by atoms with E-state index in [0.717, 1.165) is 18.7 Å². The van der Waals surface area contributed by atoms with Crippen molar-refractivity contribution in [3.63, 3.8) is 0 Å². The molecule has 104 valence electrons. The van der Waals surface area contributed by atoms with E-state index >= 15 is 0 Å². The molecule has 0 aromatic carbocycles. The van der Waals surface area contributed by atoms with Crippen molar-refractivity contribution in [3.05, 3.63) is 0 Å². The molecule has 2 fully saturated rings. The molecule has 0 spiro atoms. The quantitative estimate of drug-likeness (QED) is 0.855. The first-order valence-corrected chi connectivity index (χ1v) is 8.32. The van der Waals surface area contributed by atoms with Crippen molar-refractivity contribution in [1.29, 1.82) is 0 Å². The van der Waals surface area contributed by atoms with Crippen LogP contribution in [0, 0.1) is 5.92 Å². The van der Waals surface area contributed by atoms with Gasteiger partial charge in [-0.25, -0.2) is 0 Å². The minimum absolute atomic E-state index is 0.195. The van der Waals surface area contributed by atoms with Gasteiger partial charge in [-0.2, -0.15) is 11.8 Å². The van der Waals surface area contributed by atoms with Crippen LogP contribution in [0.25, 0.3) is 0 Å². The molecule has 0 bridgehead atoms. The number of carbonyl (C=O) groups excluding carboxylic acids is 1. The van der Waals surface area contributed by atoms with Crippen LogP contribution >= 0.6 is 11.8 Å². The van der Waals surface area contributed by atoms with E-state index in [1.54, 1.807) is 0 Å². The number of hydrogen-bond acceptors (Lipinski definition) is 3. The van der Waals surface area contributed by atoms with Gasteiger partial charge in [0.05, 0.1) is 6.04 Å². The van der Waals surface area contributed by atoms with Crippen LogP contribution in [0.4, 0.5) is 0 Å². The van der Waals surface area contributed by atoms with Crippen LogP contribution in [0.5, 0.6) is 0 Å². The molecule has 2 aliphatic rings. The molecule has 1 saturated carbocycles.